The maximum Gasteiger partial charge on any atom is 0.322 e. The molecule has 1 atom stereocenters. The summed E-state index contributed by atoms with van der Waals surface area (Å²) in [6.07, 6.45) is 2.06. The Labute approximate surface area is 130 Å². The van der Waals surface area contributed by atoms with Gasteiger partial charge in [-0.3, -0.25) is 14.5 Å². The van der Waals surface area contributed by atoms with Crippen LogP contribution >= 0.6 is 0 Å². The lowest BCUT2D eigenvalue weighted by molar-refractivity contribution is -0.138. The SMILES string of the molecule is CN(C)c1cccc(C2CCCN2CC(=O)NCC(=O)O)c1. The molecule has 6 nitrogen and oxygen atoms in total. The van der Waals surface area contributed by atoms with Crippen molar-refractivity contribution < 1.29 is 14.7 Å². The van der Waals surface area contributed by atoms with Gasteiger partial charge in [0.15, 0.2) is 0 Å². The van der Waals surface area contributed by atoms with Crippen LogP contribution in [0.1, 0.15) is 24.4 Å². The fourth-order valence-corrected chi connectivity index (χ4v) is 2.82. The van der Waals surface area contributed by atoms with E-state index in [0.29, 0.717) is 0 Å². The van der Waals surface area contributed by atoms with Crippen LogP contribution in [0.15, 0.2) is 24.3 Å². The van der Waals surface area contributed by atoms with Crippen molar-refractivity contribution in [3.8, 4) is 0 Å². The molecular formula is C16H23N3O3. The van der Waals surface area contributed by atoms with E-state index < -0.39 is 5.97 Å². The van der Waals surface area contributed by atoms with Gasteiger partial charge >= 0.3 is 5.97 Å². The Morgan fingerprint density at radius 1 is 1.41 bits per heavy atom. The van der Waals surface area contributed by atoms with E-state index in [0.717, 1.165) is 25.1 Å². The molecule has 0 bridgehead atoms. The van der Waals surface area contributed by atoms with E-state index in [1.54, 1.807) is 0 Å². The first-order chi connectivity index (χ1) is 10.5. The van der Waals surface area contributed by atoms with Crippen molar-refractivity contribution in [2.75, 3.05) is 38.6 Å². The average molecular weight is 305 g/mol. The van der Waals surface area contributed by atoms with Crippen LogP contribution in [-0.2, 0) is 9.59 Å². The molecule has 0 radical (unpaired) electrons. The van der Waals surface area contributed by atoms with Gasteiger partial charge in [0.1, 0.15) is 6.54 Å². The summed E-state index contributed by atoms with van der Waals surface area (Å²) in [5.41, 5.74) is 2.34. The minimum atomic E-state index is -1.02. The summed E-state index contributed by atoms with van der Waals surface area (Å²) in [6, 6.07) is 8.55. The smallest absolute Gasteiger partial charge is 0.322 e. The van der Waals surface area contributed by atoms with Crippen LogP contribution in [0.3, 0.4) is 0 Å². The van der Waals surface area contributed by atoms with Crippen LogP contribution in [0.25, 0.3) is 0 Å². The topological polar surface area (TPSA) is 72.9 Å². The number of rotatable bonds is 6. The molecule has 120 valence electrons. The summed E-state index contributed by atoms with van der Waals surface area (Å²) in [5.74, 6) is -1.26. The number of nitrogens with zero attached hydrogens (tertiary/aromatic N) is 2. The summed E-state index contributed by atoms with van der Waals surface area (Å²) in [4.78, 5) is 26.5. The largest absolute Gasteiger partial charge is 0.480 e. The molecule has 1 amide bonds. The van der Waals surface area contributed by atoms with Crippen LogP contribution in [0.2, 0.25) is 0 Å². The number of anilines is 1. The molecule has 2 rings (SSSR count). The number of benzene rings is 1. The number of hydrogen-bond acceptors (Lipinski definition) is 4. The zero-order chi connectivity index (χ0) is 16.1. The molecule has 2 N–H and O–H groups in total. The van der Waals surface area contributed by atoms with E-state index >= 15 is 0 Å². The Bertz CT molecular complexity index is 545. The molecule has 0 aromatic heterocycles. The van der Waals surface area contributed by atoms with Crippen molar-refractivity contribution in [1.29, 1.82) is 0 Å². The third-order valence-corrected chi connectivity index (χ3v) is 3.92. The third kappa shape index (κ3) is 4.21. The maximum atomic E-state index is 11.8. The first kappa shape index (κ1) is 16.3. The number of nitrogens with one attached hydrogen (secondary N) is 1. The summed E-state index contributed by atoms with van der Waals surface area (Å²) in [7, 11) is 4.01. The zero-order valence-corrected chi connectivity index (χ0v) is 13.1. The average Bonchev–Trinajstić information content (AvgIpc) is 2.93. The summed E-state index contributed by atoms with van der Waals surface area (Å²) in [5, 5.41) is 11.0. The van der Waals surface area contributed by atoms with Crippen molar-refractivity contribution >= 4 is 17.6 Å². The highest BCUT2D eigenvalue weighted by Gasteiger charge is 2.27. The number of carboxylic acids is 1. The summed E-state index contributed by atoms with van der Waals surface area (Å²) < 4.78 is 0. The van der Waals surface area contributed by atoms with Gasteiger partial charge in [-0.1, -0.05) is 12.1 Å². The number of amides is 1. The van der Waals surface area contributed by atoms with Crippen LogP contribution in [0, 0.1) is 0 Å². The van der Waals surface area contributed by atoms with Crippen LogP contribution in [0.4, 0.5) is 5.69 Å². The monoisotopic (exact) mass is 305 g/mol. The van der Waals surface area contributed by atoms with Gasteiger partial charge in [-0.15, -0.1) is 0 Å². The van der Waals surface area contributed by atoms with E-state index in [1.807, 2.05) is 20.2 Å². The lowest BCUT2D eigenvalue weighted by atomic mass is 10.0. The zero-order valence-electron chi connectivity index (χ0n) is 13.1. The third-order valence-electron chi connectivity index (χ3n) is 3.92. The van der Waals surface area contributed by atoms with Gasteiger partial charge in [0.2, 0.25) is 5.91 Å². The lowest BCUT2D eigenvalue weighted by Gasteiger charge is -2.25. The number of likely N-dealkylation sites (tertiary alicyclic amines) is 1. The molecule has 22 heavy (non-hydrogen) atoms. The highest BCUT2D eigenvalue weighted by atomic mass is 16.4. The quantitative estimate of drug-likeness (QED) is 0.823. The summed E-state index contributed by atoms with van der Waals surface area (Å²) in [6.45, 7) is 0.773. The Hall–Kier alpha value is -2.08. The van der Waals surface area contributed by atoms with Gasteiger partial charge in [0.05, 0.1) is 6.54 Å². The van der Waals surface area contributed by atoms with Crippen LogP contribution < -0.4 is 10.2 Å². The number of carbonyl (C=O) groups excluding carboxylic acids is 1. The highest BCUT2D eigenvalue weighted by Crippen LogP contribution is 2.32. The Morgan fingerprint density at radius 3 is 2.86 bits per heavy atom. The first-order valence-corrected chi connectivity index (χ1v) is 7.47. The van der Waals surface area contributed by atoms with Gasteiger partial charge in [0.25, 0.3) is 0 Å². The molecule has 1 heterocycles. The predicted octanol–water partition coefficient (Wildman–Crippen LogP) is 1.09. The van der Waals surface area contributed by atoms with Gasteiger partial charge in [-0.25, -0.2) is 0 Å². The fourth-order valence-electron chi connectivity index (χ4n) is 2.82. The van der Waals surface area contributed by atoms with Crippen LogP contribution in [-0.4, -0.2) is 55.6 Å². The van der Waals surface area contributed by atoms with E-state index in [2.05, 4.69) is 33.3 Å². The van der Waals surface area contributed by atoms with Crippen LogP contribution in [0.5, 0.6) is 0 Å². The molecule has 1 aliphatic heterocycles. The van der Waals surface area contributed by atoms with Crippen molar-refractivity contribution in [2.24, 2.45) is 0 Å². The number of hydrogen-bond donors (Lipinski definition) is 2. The number of carboxylic acid groups (broad SMARTS) is 1. The highest BCUT2D eigenvalue weighted by molar-refractivity contribution is 5.82. The second-order valence-electron chi connectivity index (χ2n) is 5.79. The van der Waals surface area contributed by atoms with Gasteiger partial charge in [-0.2, -0.15) is 0 Å². The van der Waals surface area contributed by atoms with Crippen molar-refractivity contribution in [1.82, 2.24) is 10.2 Å². The second kappa shape index (κ2) is 7.26. The maximum absolute atomic E-state index is 11.8. The van der Waals surface area contributed by atoms with Crippen molar-refractivity contribution in [2.45, 2.75) is 18.9 Å². The van der Waals surface area contributed by atoms with E-state index in [4.69, 9.17) is 5.11 Å². The molecule has 0 spiro atoms. The Morgan fingerprint density at radius 2 is 2.18 bits per heavy atom. The minimum absolute atomic E-state index is 0.218. The molecule has 1 unspecified atom stereocenters. The molecular weight excluding hydrogens is 282 g/mol. The minimum Gasteiger partial charge on any atom is -0.480 e. The molecule has 1 fully saturated rings. The van der Waals surface area contributed by atoms with Gasteiger partial charge < -0.3 is 15.3 Å². The first-order valence-electron chi connectivity index (χ1n) is 7.47. The van der Waals surface area contributed by atoms with Crippen molar-refractivity contribution in [3.63, 3.8) is 0 Å². The number of aliphatic carboxylic acids is 1. The molecule has 1 aromatic rings. The Kier molecular flexibility index (Phi) is 5.38. The van der Waals surface area contributed by atoms with E-state index in [-0.39, 0.29) is 25.0 Å². The molecule has 0 aliphatic carbocycles. The standard InChI is InChI=1S/C16H23N3O3/c1-18(2)13-6-3-5-12(9-13)14-7-4-8-19(14)11-15(20)17-10-16(21)22/h3,5-6,9,14H,4,7-8,10-11H2,1-2H3,(H,17,20)(H,21,22). The van der Waals surface area contributed by atoms with E-state index in [9.17, 15) is 9.59 Å². The van der Waals surface area contributed by atoms with Gasteiger partial charge in [-0.05, 0) is 37.1 Å². The second-order valence-corrected chi connectivity index (χ2v) is 5.79. The Balaban J connectivity index is 2.02. The molecule has 1 aliphatic rings. The normalized spacial score (nSPS) is 18.2. The van der Waals surface area contributed by atoms with Crippen molar-refractivity contribution in [3.05, 3.63) is 29.8 Å². The molecule has 0 saturated carbocycles. The number of carbonyl (C=O) groups is 2. The van der Waals surface area contributed by atoms with E-state index in [1.165, 1.54) is 5.56 Å². The molecule has 6 heteroatoms. The molecule has 1 saturated heterocycles. The summed E-state index contributed by atoms with van der Waals surface area (Å²) >= 11 is 0. The fraction of sp³-hybridized carbons (Fsp3) is 0.500. The van der Waals surface area contributed by atoms with Gasteiger partial charge in [0, 0.05) is 25.8 Å². The lowest BCUT2D eigenvalue weighted by Crippen LogP contribution is -2.39. The predicted molar refractivity (Wildman–Crippen MR) is 85.0 cm³/mol. The molecule has 1 aromatic carbocycles.